The first kappa shape index (κ1) is 21.6. The molecule has 0 radical (unpaired) electrons. The molecule has 2 aromatic heterocycles. The van der Waals surface area contributed by atoms with Crippen molar-refractivity contribution in [1.29, 1.82) is 0 Å². The minimum Gasteiger partial charge on any atom is -0.348 e. The zero-order valence-corrected chi connectivity index (χ0v) is 18.1. The molecule has 0 aliphatic heterocycles. The van der Waals surface area contributed by atoms with E-state index in [-0.39, 0.29) is 12.5 Å². The van der Waals surface area contributed by atoms with E-state index in [1.807, 2.05) is 31.2 Å². The van der Waals surface area contributed by atoms with E-state index in [9.17, 15) is 18.0 Å². The number of aromatic nitrogens is 3. The fourth-order valence-corrected chi connectivity index (χ4v) is 4.02. The Morgan fingerprint density at radius 1 is 1.03 bits per heavy atom. The molecule has 5 nitrogen and oxygen atoms in total. The lowest BCUT2D eigenvalue weighted by Gasteiger charge is -2.12. The first-order chi connectivity index (χ1) is 16.3. The number of carbonyl (C=O) groups excluding carboxylic acids is 1. The van der Waals surface area contributed by atoms with Crippen LogP contribution in [-0.2, 0) is 12.7 Å². The molecule has 34 heavy (non-hydrogen) atoms. The topological polar surface area (TPSA) is 70.7 Å². The van der Waals surface area contributed by atoms with E-state index in [1.54, 1.807) is 24.4 Å². The number of aryl methyl sites for hydroxylation is 1. The number of halogens is 3. The lowest BCUT2D eigenvalue weighted by Crippen LogP contribution is -2.23. The van der Waals surface area contributed by atoms with Crippen LogP contribution in [0.5, 0.6) is 0 Å². The van der Waals surface area contributed by atoms with E-state index in [0.717, 1.165) is 50.8 Å². The molecule has 0 aliphatic carbocycles. The summed E-state index contributed by atoms with van der Waals surface area (Å²) in [6.07, 6.45) is -1.17. The minimum atomic E-state index is -4.43. The molecule has 0 spiro atoms. The average Bonchev–Trinajstić information content (AvgIpc) is 3.20. The number of hydrogen-bond acceptors (Lipinski definition) is 3. The fourth-order valence-electron chi connectivity index (χ4n) is 4.02. The van der Waals surface area contributed by atoms with E-state index < -0.39 is 11.7 Å². The van der Waals surface area contributed by atoms with E-state index in [4.69, 9.17) is 0 Å². The molecule has 0 bridgehead atoms. The number of benzene rings is 3. The summed E-state index contributed by atoms with van der Waals surface area (Å²) in [5.74, 6) is -0.361. The van der Waals surface area contributed by atoms with Crippen LogP contribution >= 0.6 is 0 Å². The predicted octanol–water partition coefficient (Wildman–Crippen LogP) is 6.04. The Bertz CT molecular complexity index is 1540. The maximum Gasteiger partial charge on any atom is 0.416 e. The molecule has 8 heteroatoms. The summed E-state index contributed by atoms with van der Waals surface area (Å²) >= 11 is 0. The molecule has 0 unspecified atom stereocenters. The summed E-state index contributed by atoms with van der Waals surface area (Å²) in [5.41, 5.74) is 4.53. The van der Waals surface area contributed by atoms with Gasteiger partial charge in [-0.05, 0) is 59.5 Å². The highest BCUT2D eigenvalue weighted by Crippen LogP contribution is 2.31. The molecule has 0 aliphatic rings. The third-order valence-corrected chi connectivity index (χ3v) is 5.79. The molecule has 0 fully saturated rings. The standard InChI is InChI=1S/C26H19F3N4O/c1-15-5-6-18(25(34)31-12-16-3-2-4-19(9-16)26(27,28)29)10-21(15)17-7-8-20-22-13-30-14-32-24(22)33-23(20)11-17/h2-11,13-14H,12H2,1H3,(H,31,34)(H,30,32,33). The molecule has 0 saturated carbocycles. The highest BCUT2D eigenvalue weighted by Gasteiger charge is 2.30. The van der Waals surface area contributed by atoms with Gasteiger partial charge in [-0.15, -0.1) is 0 Å². The number of nitrogens with zero attached hydrogens (tertiary/aromatic N) is 2. The van der Waals surface area contributed by atoms with Gasteiger partial charge in [0.1, 0.15) is 12.0 Å². The number of nitrogens with one attached hydrogen (secondary N) is 2. The van der Waals surface area contributed by atoms with E-state index >= 15 is 0 Å². The van der Waals surface area contributed by atoms with Gasteiger partial charge in [0.15, 0.2) is 0 Å². The minimum absolute atomic E-state index is 0.00593. The summed E-state index contributed by atoms with van der Waals surface area (Å²) in [6, 6.07) is 16.3. The summed E-state index contributed by atoms with van der Waals surface area (Å²) < 4.78 is 38.8. The quantitative estimate of drug-likeness (QED) is 0.344. The molecule has 0 atom stereocenters. The van der Waals surface area contributed by atoms with Gasteiger partial charge < -0.3 is 10.3 Å². The molecule has 5 rings (SSSR count). The second kappa shape index (κ2) is 8.30. The van der Waals surface area contributed by atoms with Crippen LogP contribution in [0.4, 0.5) is 13.2 Å². The zero-order chi connectivity index (χ0) is 23.9. The fraction of sp³-hybridized carbons (Fsp3) is 0.115. The highest BCUT2D eigenvalue weighted by atomic mass is 19.4. The lowest BCUT2D eigenvalue weighted by molar-refractivity contribution is -0.137. The smallest absolute Gasteiger partial charge is 0.348 e. The van der Waals surface area contributed by atoms with Crippen LogP contribution in [0.25, 0.3) is 33.1 Å². The summed E-state index contributed by atoms with van der Waals surface area (Å²) in [6.45, 7) is 1.95. The molecule has 5 aromatic rings. The maximum absolute atomic E-state index is 12.9. The van der Waals surface area contributed by atoms with Gasteiger partial charge in [0.25, 0.3) is 5.91 Å². The largest absolute Gasteiger partial charge is 0.416 e. The number of aromatic amines is 1. The van der Waals surface area contributed by atoms with Gasteiger partial charge in [0.05, 0.1) is 5.56 Å². The van der Waals surface area contributed by atoms with Crippen molar-refractivity contribution in [3.8, 4) is 11.1 Å². The zero-order valence-electron chi connectivity index (χ0n) is 18.1. The van der Waals surface area contributed by atoms with Crippen molar-refractivity contribution in [2.45, 2.75) is 19.6 Å². The Balaban J connectivity index is 1.40. The van der Waals surface area contributed by atoms with Crippen molar-refractivity contribution in [2.75, 3.05) is 0 Å². The van der Waals surface area contributed by atoms with Gasteiger partial charge in [-0.3, -0.25) is 4.79 Å². The van der Waals surface area contributed by atoms with Gasteiger partial charge in [0.2, 0.25) is 0 Å². The number of alkyl halides is 3. The molecule has 170 valence electrons. The van der Waals surface area contributed by atoms with Crippen molar-refractivity contribution in [3.63, 3.8) is 0 Å². The average molecular weight is 460 g/mol. The van der Waals surface area contributed by atoms with Gasteiger partial charge in [-0.2, -0.15) is 13.2 Å². The molecule has 2 heterocycles. The third-order valence-electron chi connectivity index (χ3n) is 5.79. The number of rotatable bonds is 4. The van der Waals surface area contributed by atoms with Crippen molar-refractivity contribution in [2.24, 2.45) is 0 Å². The number of carbonyl (C=O) groups is 1. The number of amides is 1. The third kappa shape index (κ3) is 4.10. The van der Waals surface area contributed by atoms with Crippen LogP contribution in [0.15, 0.2) is 73.2 Å². The van der Waals surface area contributed by atoms with Crippen molar-refractivity contribution in [3.05, 3.63) is 95.4 Å². The SMILES string of the molecule is Cc1ccc(C(=O)NCc2cccc(C(F)(F)F)c2)cc1-c1ccc2c(c1)[nH]c1ncncc12. The van der Waals surface area contributed by atoms with Crippen molar-refractivity contribution in [1.82, 2.24) is 20.3 Å². The highest BCUT2D eigenvalue weighted by molar-refractivity contribution is 6.06. The molecule has 2 N–H and O–H groups in total. The first-order valence-electron chi connectivity index (χ1n) is 10.6. The molecule has 3 aromatic carbocycles. The van der Waals surface area contributed by atoms with Crippen molar-refractivity contribution < 1.29 is 18.0 Å². The maximum atomic E-state index is 12.9. The van der Waals surface area contributed by atoms with Crippen LogP contribution in [0.3, 0.4) is 0 Å². The molecule has 1 amide bonds. The van der Waals surface area contributed by atoms with Crippen LogP contribution in [0, 0.1) is 6.92 Å². The Kier molecular flexibility index (Phi) is 5.28. The van der Waals surface area contributed by atoms with Gasteiger partial charge in [-0.1, -0.05) is 30.3 Å². The Morgan fingerprint density at radius 3 is 2.71 bits per heavy atom. The Labute approximate surface area is 192 Å². The monoisotopic (exact) mass is 460 g/mol. The molecular weight excluding hydrogens is 441 g/mol. The number of hydrogen-bond donors (Lipinski definition) is 2. The number of fused-ring (bicyclic) bond motifs is 3. The number of H-pyrrole nitrogens is 1. The van der Waals surface area contributed by atoms with E-state index in [2.05, 4.69) is 20.3 Å². The van der Waals surface area contributed by atoms with Crippen molar-refractivity contribution >= 4 is 27.8 Å². The summed E-state index contributed by atoms with van der Waals surface area (Å²) in [4.78, 5) is 24.4. The second-order valence-electron chi connectivity index (χ2n) is 8.08. The van der Waals surface area contributed by atoms with Gasteiger partial charge in [0, 0.05) is 34.6 Å². The normalized spacial score (nSPS) is 11.8. The summed E-state index contributed by atoms with van der Waals surface area (Å²) in [7, 11) is 0. The first-order valence-corrected chi connectivity index (χ1v) is 10.6. The summed E-state index contributed by atoms with van der Waals surface area (Å²) in [5, 5.41) is 4.65. The predicted molar refractivity (Wildman–Crippen MR) is 124 cm³/mol. The van der Waals surface area contributed by atoms with Crippen LogP contribution in [0.2, 0.25) is 0 Å². The lowest BCUT2D eigenvalue weighted by atomic mass is 9.97. The van der Waals surface area contributed by atoms with Gasteiger partial charge in [-0.25, -0.2) is 9.97 Å². The second-order valence-corrected chi connectivity index (χ2v) is 8.08. The Hall–Kier alpha value is -4.20. The Morgan fingerprint density at radius 2 is 1.88 bits per heavy atom. The van der Waals surface area contributed by atoms with Crippen LogP contribution in [-0.4, -0.2) is 20.9 Å². The van der Waals surface area contributed by atoms with E-state index in [1.165, 1.54) is 12.4 Å². The van der Waals surface area contributed by atoms with E-state index in [0.29, 0.717) is 11.1 Å². The van der Waals surface area contributed by atoms with Gasteiger partial charge >= 0.3 is 6.18 Å². The van der Waals surface area contributed by atoms with Crippen LogP contribution < -0.4 is 5.32 Å². The van der Waals surface area contributed by atoms with Crippen LogP contribution in [0.1, 0.15) is 27.0 Å². The molecule has 0 saturated heterocycles. The molecular formula is C26H19F3N4O.